The maximum atomic E-state index is 11.5. The minimum absolute atomic E-state index is 0.298. The summed E-state index contributed by atoms with van der Waals surface area (Å²) in [6.45, 7) is 0. The Morgan fingerprint density at radius 1 is 1.57 bits per heavy atom. The number of carbonyl (C=O) groups is 1. The van der Waals surface area contributed by atoms with Gasteiger partial charge in [-0.1, -0.05) is 5.16 Å². The molecule has 0 aliphatic carbocycles. The highest BCUT2D eigenvalue weighted by Gasteiger charge is 2.10. The molecule has 2 heterocycles. The molecule has 1 N–H and O–H groups in total. The van der Waals surface area contributed by atoms with Gasteiger partial charge in [-0.2, -0.15) is 0 Å². The topological polar surface area (TPSA) is 68.3 Å². The lowest BCUT2D eigenvalue weighted by molar-refractivity contribution is 0.102. The lowest BCUT2D eigenvalue weighted by Gasteiger charge is -1.95. The van der Waals surface area contributed by atoms with Crippen LogP contribution in [0.4, 0.5) is 5.82 Å². The molecule has 0 aromatic carbocycles. The van der Waals surface area contributed by atoms with Crippen molar-refractivity contribution in [3.05, 3.63) is 34.9 Å². The van der Waals surface area contributed by atoms with Gasteiger partial charge < -0.3 is 14.3 Å². The van der Waals surface area contributed by atoms with Crippen LogP contribution in [0.25, 0.3) is 0 Å². The van der Waals surface area contributed by atoms with Crippen molar-refractivity contribution in [3.63, 3.8) is 0 Å². The Morgan fingerprint density at radius 3 is 3.00 bits per heavy atom. The lowest BCUT2D eigenvalue weighted by atomic mass is 10.3. The van der Waals surface area contributed by atoms with E-state index in [1.165, 1.54) is 12.5 Å². The standard InChI is InChI=1S/C8H5BrN2O3/c9-6-3-5(4-13-6)8(12)10-7-1-2-14-11-7/h1-4H,(H,10,11,12). The van der Waals surface area contributed by atoms with Crippen molar-refractivity contribution in [2.75, 3.05) is 5.32 Å². The predicted molar refractivity (Wildman–Crippen MR) is 50.9 cm³/mol. The number of halogens is 1. The third kappa shape index (κ3) is 1.85. The molecule has 72 valence electrons. The molecule has 14 heavy (non-hydrogen) atoms. The normalized spacial score (nSPS) is 10.1. The van der Waals surface area contributed by atoms with Crippen LogP contribution >= 0.6 is 15.9 Å². The number of nitrogens with zero attached hydrogens (tertiary/aromatic N) is 1. The van der Waals surface area contributed by atoms with Gasteiger partial charge in [-0.05, 0) is 15.9 Å². The first kappa shape index (κ1) is 9.01. The van der Waals surface area contributed by atoms with E-state index in [2.05, 4.69) is 30.9 Å². The zero-order valence-electron chi connectivity index (χ0n) is 6.86. The van der Waals surface area contributed by atoms with Crippen LogP contribution in [-0.2, 0) is 0 Å². The Kier molecular flexibility index (Phi) is 2.36. The monoisotopic (exact) mass is 256 g/mol. The minimum Gasteiger partial charge on any atom is -0.457 e. The van der Waals surface area contributed by atoms with E-state index in [-0.39, 0.29) is 5.91 Å². The highest BCUT2D eigenvalue weighted by Crippen LogP contribution is 2.15. The van der Waals surface area contributed by atoms with Crippen molar-refractivity contribution < 1.29 is 13.7 Å². The molecule has 6 heteroatoms. The molecule has 0 bridgehead atoms. The molecule has 2 aromatic heterocycles. The predicted octanol–water partition coefficient (Wildman–Crippen LogP) is 2.28. The van der Waals surface area contributed by atoms with Crippen molar-refractivity contribution in [2.45, 2.75) is 0 Å². The van der Waals surface area contributed by atoms with Crippen LogP contribution in [0.2, 0.25) is 0 Å². The number of furan rings is 1. The second-order valence-corrected chi connectivity index (χ2v) is 3.26. The van der Waals surface area contributed by atoms with Gasteiger partial charge in [0.1, 0.15) is 12.5 Å². The molecule has 0 fully saturated rings. The van der Waals surface area contributed by atoms with Gasteiger partial charge in [-0.15, -0.1) is 0 Å². The average molecular weight is 257 g/mol. The van der Waals surface area contributed by atoms with Gasteiger partial charge >= 0.3 is 0 Å². The fraction of sp³-hybridized carbons (Fsp3) is 0. The molecule has 0 aliphatic heterocycles. The molecule has 2 aromatic rings. The van der Waals surface area contributed by atoms with Gasteiger partial charge in [0.15, 0.2) is 10.5 Å². The van der Waals surface area contributed by atoms with Gasteiger partial charge in [0.25, 0.3) is 5.91 Å². The summed E-state index contributed by atoms with van der Waals surface area (Å²) in [5.74, 6) is 0.0701. The van der Waals surface area contributed by atoms with E-state index >= 15 is 0 Å². The van der Waals surface area contributed by atoms with Crippen molar-refractivity contribution >= 4 is 27.7 Å². The quantitative estimate of drug-likeness (QED) is 0.895. The van der Waals surface area contributed by atoms with Crippen LogP contribution in [-0.4, -0.2) is 11.1 Å². The minimum atomic E-state index is -0.298. The Hall–Kier alpha value is -1.56. The molecule has 0 atom stereocenters. The van der Waals surface area contributed by atoms with Crippen molar-refractivity contribution in [3.8, 4) is 0 Å². The number of amides is 1. The van der Waals surface area contributed by atoms with Crippen LogP contribution < -0.4 is 5.32 Å². The highest BCUT2D eigenvalue weighted by atomic mass is 79.9. The lowest BCUT2D eigenvalue weighted by Crippen LogP contribution is -2.10. The maximum Gasteiger partial charge on any atom is 0.260 e. The van der Waals surface area contributed by atoms with Crippen molar-refractivity contribution in [2.24, 2.45) is 0 Å². The number of nitrogens with one attached hydrogen (secondary N) is 1. The molecule has 0 spiro atoms. The first-order valence-electron chi connectivity index (χ1n) is 3.71. The number of anilines is 1. The van der Waals surface area contributed by atoms with E-state index in [0.717, 1.165) is 0 Å². The van der Waals surface area contributed by atoms with Gasteiger partial charge in [0.05, 0.1) is 5.56 Å². The van der Waals surface area contributed by atoms with E-state index in [0.29, 0.717) is 16.1 Å². The zero-order valence-corrected chi connectivity index (χ0v) is 8.45. The summed E-state index contributed by atoms with van der Waals surface area (Å²) in [4.78, 5) is 11.5. The second kappa shape index (κ2) is 3.67. The van der Waals surface area contributed by atoms with Crippen LogP contribution in [0.15, 0.2) is 38.3 Å². The van der Waals surface area contributed by atoms with E-state index in [1.54, 1.807) is 12.1 Å². The highest BCUT2D eigenvalue weighted by molar-refractivity contribution is 9.10. The number of hydrogen-bond acceptors (Lipinski definition) is 4. The molecular formula is C8H5BrN2O3. The van der Waals surface area contributed by atoms with Crippen LogP contribution in [0.5, 0.6) is 0 Å². The van der Waals surface area contributed by atoms with Gasteiger partial charge in [-0.3, -0.25) is 4.79 Å². The third-order valence-corrected chi connectivity index (χ3v) is 1.92. The molecule has 0 unspecified atom stereocenters. The molecule has 1 amide bonds. The Bertz CT molecular complexity index is 435. The summed E-state index contributed by atoms with van der Waals surface area (Å²) >= 11 is 3.10. The number of carbonyl (C=O) groups excluding carboxylic acids is 1. The third-order valence-electron chi connectivity index (χ3n) is 1.51. The van der Waals surface area contributed by atoms with Crippen LogP contribution in [0, 0.1) is 0 Å². The van der Waals surface area contributed by atoms with Crippen LogP contribution in [0.1, 0.15) is 10.4 Å². The number of hydrogen-bond donors (Lipinski definition) is 1. The van der Waals surface area contributed by atoms with Crippen LogP contribution in [0.3, 0.4) is 0 Å². The van der Waals surface area contributed by atoms with Crippen molar-refractivity contribution in [1.29, 1.82) is 0 Å². The van der Waals surface area contributed by atoms with Gasteiger partial charge in [0, 0.05) is 12.1 Å². The summed E-state index contributed by atoms with van der Waals surface area (Å²) in [7, 11) is 0. The number of rotatable bonds is 2. The summed E-state index contributed by atoms with van der Waals surface area (Å²) in [6, 6.07) is 3.11. The summed E-state index contributed by atoms with van der Waals surface area (Å²) < 4.78 is 9.98. The van der Waals surface area contributed by atoms with Gasteiger partial charge in [-0.25, -0.2) is 0 Å². The summed E-state index contributed by atoms with van der Waals surface area (Å²) in [6.07, 6.45) is 2.72. The molecule has 5 nitrogen and oxygen atoms in total. The Morgan fingerprint density at radius 2 is 2.43 bits per heavy atom. The Balaban J connectivity index is 2.10. The second-order valence-electron chi connectivity index (χ2n) is 2.48. The fourth-order valence-electron chi connectivity index (χ4n) is 0.895. The molecular weight excluding hydrogens is 252 g/mol. The smallest absolute Gasteiger partial charge is 0.260 e. The summed E-state index contributed by atoms with van der Waals surface area (Å²) in [5, 5.41) is 6.07. The van der Waals surface area contributed by atoms with E-state index in [9.17, 15) is 4.79 Å². The van der Waals surface area contributed by atoms with E-state index < -0.39 is 0 Å². The van der Waals surface area contributed by atoms with E-state index in [4.69, 9.17) is 4.42 Å². The first-order chi connectivity index (χ1) is 6.75. The van der Waals surface area contributed by atoms with E-state index in [1.807, 2.05) is 0 Å². The molecule has 2 rings (SSSR count). The molecule has 0 saturated carbocycles. The zero-order chi connectivity index (χ0) is 9.97. The molecule has 0 aliphatic rings. The maximum absolute atomic E-state index is 11.5. The van der Waals surface area contributed by atoms with Gasteiger partial charge in [0.2, 0.25) is 0 Å². The SMILES string of the molecule is O=C(Nc1ccon1)c1coc(Br)c1. The fourth-order valence-corrected chi connectivity index (χ4v) is 1.23. The summed E-state index contributed by atoms with van der Waals surface area (Å²) in [5.41, 5.74) is 0.417. The average Bonchev–Trinajstić information content (AvgIpc) is 2.75. The number of aromatic nitrogens is 1. The first-order valence-corrected chi connectivity index (χ1v) is 4.51. The largest absolute Gasteiger partial charge is 0.457 e. The molecule has 0 radical (unpaired) electrons. The Labute approximate surface area is 87.2 Å². The molecule has 0 saturated heterocycles. The van der Waals surface area contributed by atoms with Crippen molar-refractivity contribution in [1.82, 2.24) is 5.16 Å².